The zero-order chi connectivity index (χ0) is 16.9. The monoisotopic (exact) mass is 326 g/mol. The van der Waals surface area contributed by atoms with Crippen molar-refractivity contribution in [2.45, 2.75) is 32.6 Å². The Hall–Kier alpha value is -2.56. The van der Waals surface area contributed by atoms with Crippen LogP contribution in [-0.4, -0.2) is 18.2 Å². The summed E-state index contributed by atoms with van der Waals surface area (Å²) in [5, 5.41) is 7.03. The lowest BCUT2D eigenvalue weighted by Gasteiger charge is -2.09. The third kappa shape index (κ3) is 3.67. The lowest BCUT2D eigenvalue weighted by molar-refractivity contribution is -0.119. The van der Waals surface area contributed by atoms with Crippen LogP contribution in [0.1, 0.15) is 42.7 Å². The third-order valence-electron chi connectivity index (χ3n) is 4.41. The van der Waals surface area contributed by atoms with Crippen molar-refractivity contribution in [3.8, 4) is 5.75 Å². The number of anilines is 1. The third-order valence-corrected chi connectivity index (χ3v) is 4.41. The van der Waals surface area contributed by atoms with E-state index in [0.29, 0.717) is 17.1 Å². The van der Waals surface area contributed by atoms with E-state index in [0.717, 1.165) is 37.0 Å². The molecule has 0 bridgehead atoms. The molecular formula is C19H22N2O3. The lowest BCUT2D eigenvalue weighted by atomic mass is 10.1. The Balaban J connectivity index is 1.73. The highest BCUT2D eigenvalue weighted by Crippen LogP contribution is 2.28. The van der Waals surface area contributed by atoms with E-state index in [9.17, 15) is 4.79 Å². The Kier molecular flexibility index (Phi) is 4.99. The van der Waals surface area contributed by atoms with Gasteiger partial charge in [0.1, 0.15) is 17.1 Å². The largest absolute Gasteiger partial charge is 0.497 e. The summed E-state index contributed by atoms with van der Waals surface area (Å²) in [5.74, 6) is 1.61. The molecule has 0 spiro atoms. The zero-order valence-electron chi connectivity index (χ0n) is 14.0. The topological polar surface area (TPSA) is 64.4 Å². The van der Waals surface area contributed by atoms with E-state index >= 15 is 0 Å². The molecule has 0 radical (unpaired) electrons. The molecule has 1 aliphatic rings. The van der Waals surface area contributed by atoms with Gasteiger partial charge in [0.15, 0.2) is 5.76 Å². The lowest BCUT2D eigenvalue weighted by Crippen LogP contribution is -2.20. The molecule has 1 aliphatic carbocycles. The van der Waals surface area contributed by atoms with E-state index in [-0.39, 0.29) is 11.8 Å². The van der Waals surface area contributed by atoms with Gasteiger partial charge in [0.2, 0.25) is 5.91 Å². The summed E-state index contributed by atoms with van der Waals surface area (Å²) in [7, 11) is 1.64. The van der Waals surface area contributed by atoms with Gasteiger partial charge in [-0.2, -0.15) is 0 Å². The molecule has 1 fully saturated rings. The number of nitrogens with one attached hydrogen (secondary N) is 1. The van der Waals surface area contributed by atoms with Crippen LogP contribution in [0.3, 0.4) is 0 Å². The second-order valence-corrected chi connectivity index (χ2v) is 6.08. The summed E-state index contributed by atoms with van der Waals surface area (Å²) in [6.45, 7) is 1.81. The normalized spacial score (nSPS) is 15.1. The Labute approximate surface area is 141 Å². The predicted octanol–water partition coefficient (Wildman–Crippen LogP) is 4.29. The van der Waals surface area contributed by atoms with E-state index in [1.807, 2.05) is 43.3 Å². The van der Waals surface area contributed by atoms with Gasteiger partial charge in [-0.05, 0) is 43.5 Å². The van der Waals surface area contributed by atoms with E-state index < -0.39 is 0 Å². The molecular weight excluding hydrogens is 304 g/mol. The number of carbonyl (C=O) groups excluding carboxylic acids is 1. The molecule has 0 aliphatic heterocycles. The molecule has 24 heavy (non-hydrogen) atoms. The van der Waals surface area contributed by atoms with Crippen LogP contribution in [0.5, 0.6) is 5.75 Å². The van der Waals surface area contributed by atoms with Crippen molar-refractivity contribution in [2.24, 2.45) is 5.92 Å². The summed E-state index contributed by atoms with van der Waals surface area (Å²) in [4.78, 5) is 12.3. The fourth-order valence-electron chi connectivity index (χ4n) is 2.96. The first-order chi connectivity index (χ1) is 11.7. The number of aryl methyl sites for hydroxylation is 1. The van der Waals surface area contributed by atoms with Crippen LogP contribution < -0.4 is 10.1 Å². The minimum Gasteiger partial charge on any atom is -0.497 e. The average Bonchev–Trinajstić information content (AvgIpc) is 3.25. The number of methoxy groups -OCH3 is 1. The van der Waals surface area contributed by atoms with Crippen LogP contribution in [-0.2, 0) is 4.79 Å². The SMILES string of the molecule is COc1ccc(/C=C/c2noc(C)c2NC(=O)C2CCCC2)cc1. The summed E-state index contributed by atoms with van der Waals surface area (Å²) < 4.78 is 10.4. The molecule has 0 unspecified atom stereocenters. The Bertz CT molecular complexity index is 726. The summed E-state index contributed by atoms with van der Waals surface area (Å²) in [6.07, 6.45) is 7.97. The number of benzene rings is 1. The van der Waals surface area contributed by atoms with Crippen molar-refractivity contribution in [3.63, 3.8) is 0 Å². The maximum absolute atomic E-state index is 12.3. The Morgan fingerprint density at radius 2 is 1.96 bits per heavy atom. The number of nitrogens with zero attached hydrogens (tertiary/aromatic N) is 1. The summed E-state index contributed by atoms with van der Waals surface area (Å²) >= 11 is 0. The van der Waals surface area contributed by atoms with Crippen LogP contribution in [0, 0.1) is 12.8 Å². The van der Waals surface area contributed by atoms with Gasteiger partial charge in [0.05, 0.1) is 7.11 Å². The molecule has 3 rings (SSSR count). The maximum Gasteiger partial charge on any atom is 0.227 e. The number of rotatable bonds is 5. The molecule has 0 atom stereocenters. The van der Waals surface area contributed by atoms with Gasteiger partial charge in [-0.3, -0.25) is 4.79 Å². The second kappa shape index (κ2) is 7.34. The van der Waals surface area contributed by atoms with Crippen molar-refractivity contribution in [3.05, 3.63) is 41.3 Å². The molecule has 1 amide bonds. The van der Waals surface area contributed by atoms with Crippen LogP contribution in [0.4, 0.5) is 5.69 Å². The van der Waals surface area contributed by atoms with E-state index in [1.165, 1.54) is 0 Å². The average molecular weight is 326 g/mol. The Morgan fingerprint density at radius 3 is 2.62 bits per heavy atom. The molecule has 5 nitrogen and oxygen atoms in total. The number of carbonyl (C=O) groups is 1. The zero-order valence-corrected chi connectivity index (χ0v) is 14.0. The van der Waals surface area contributed by atoms with Gasteiger partial charge < -0.3 is 14.6 Å². The summed E-state index contributed by atoms with van der Waals surface area (Å²) in [6, 6.07) is 7.71. The molecule has 1 aromatic heterocycles. The Morgan fingerprint density at radius 1 is 1.25 bits per heavy atom. The predicted molar refractivity (Wildman–Crippen MR) is 93.7 cm³/mol. The first-order valence-electron chi connectivity index (χ1n) is 8.26. The minimum atomic E-state index is 0.0675. The van der Waals surface area contributed by atoms with Crippen LogP contribution in [0.2, 0.25) is 0 Å². The highest BCUT2D eigenvalue weighted by atomic mass is 16.5. The van der Waals surface area contributed by atoms with Crippen LogP contribution in [0.15, 0.2) is 28.8 Å². The van der Waals surface area contributed by atoms with Crippen molar-refractivity contribution in [2.75, 3.05) is 12.4 Å². The quantitative estimate of drug-likeness (QED) is 0.890. The number of aromatic nitrogens is 1. The van der Waals surface area contributed by atoms with Crippen molar-refractivity contribution < 1.29 is 14.1 Å². The van der Waals surface area contributed by atoms with E-state index in [1.54, 1.807) is 7.11 Å². The molecule has 126 valence electrons. The molecule has 1 N–H and O–H groups in total. The van der Waals surface area contributed by atoms with Crippen LogP contribution in [0.25, 0.3) is 12.2 Å². The number of ether oxygens (including phenoxy) is 1. The van der Waals surface area contributed by atoms with Gasteiger partial charge >= 0.3 is 0 Å². The van der Waals surface area contributed by atoms with E-state index in [2.05, 4.69) is 10.5 Å². The number of hydrogen-bond acceptors (Lipinski definition) is 4. The fraction of sp³-hybridized carbons (Fsp3) is 0.368. The molecule has 1 aromatic carbocycles. The van der Waals surface area contributed by atoms with Crippen LogP contribution >= 0.6 is 0 Å². The van der Waals surface area contributed by atoms with Crippen molar-refractivity contribution in [1.29, 1.82) is 0 Å². The first-order valence-corrected chi connectivity index (χ1v) is 8.26. The highest BCUT2D eigenvalue weighted by Gasteiger charge is 2.24. The number of amides is 1. The van der Waals surface area contributed by atoms with Gasteiger partial charge in [-0.25, -0.2) is 0 Å². The highest BCUT2D eigenvalue weighted by molar-refractivity contribution is 5.95. The number of hydrogen-bond donors (Lipinski definition) is 1. The molecule has 1 saturated carbocycles. The summed E-state index contributed by atoms with van der Waals surface area (Å²) in [5.41, 5.74) is 2.32. The van der Waals surface area contributed by atoms with E-state index in [4.69, 9.17) is 9.26 Å². The van der Waals surface area contributed by atoms with Gasteiger partial charge in [0, 0.05) is 5.92 Å². The molecule has 0 saturated heterocycles. The molecule has 2 aromatic rings. The van der Waals surface area contributed by atoms with Crippen molar-refractivity contribution in [1.82, 2.24) is 5.16 Å². The smallest absolute Gasteiger partial charge is 0.227 e. The van der Waals surface area contributed by atoms with Gasteiger partial charge in [-0.15, -0.1) is 0 Å². The van der Waals surface area contributed by atoms with Crippen molar-refractivity contribution >= 4 is 23.7 Å². The molecule has 1 heterocycles. The fourth-order valence-corrected chi connectivity index (χ4v) is 2.96. The standard InChI is InChI=1S/C19H22N2O3/c1-13-18(20-19(22)15-5-3-4-6-15)17(21-24-13)12-9-14-7-10-16(23-2)11-8-14/h7-12,15H,3-6H2,1-2H3,(H,20,22)/b12-9+. The van der Waals surface area contributed by atoms with Gasteiger partial charge in [-0.1, -0.05) is 36.2 Å². The maximum atomic E-state index is 12.3. The minimum absolute atomic E-state index is 0.0675. The first kappa shape index (κ1) is 16.3. The second-order valence-electron chi connectivity index (χ2n) is 6.08. The molecule has 5 heteroatoms. The van der Waals surface area contributed by atoms with Gasteiger partial charge in [0.25, 0.3) is 0 Å².